The lowest BCUT2D eigenvalue weighted by Crippen LogP contribution is -2.23. The molecule has 0 aliphatic heterocycles. The first-order valence-electron chi connectivity index (χ1n) is 7.88. The van der Waals surface area contributed by atoms with Crippen LogP contribution in [0.1, 0.15) is 37.2 Å². The molecule has 1 fully saturated rings. The van der Waals surface area contributed by atoms with E-state index in [1.807, 2.05) is 18.6 Å². The minimum absolute atomic E-state index is 0.648. The Hall–Kier alpha value is -1.74. The van der Waals surface area contributed by atoms with E-state index < -0.39 is 0 Å². The molecule has 0 radical (unpaired) electrons. The third-order valence-electron chi connectivity index (χ3n) is 4.57. The summed E-state index contributed by atoms with van der Waals surface area (Å²) in [5, 5.41) is 3.31. The van der Waals surface area contributed by atoms with Crippen LogP contribution in [-0.4, -0.2) is 23.6 Å². The minimum atomic E-state index is 0.648. The maximum absolute atomic E-state index is 4.64. The van der Waals surface area contributed by atoms with Gasteiger partial charge in [-0.05, 0) is 74.9 Å². The molecule has 0 bridgehead atoms. The number of hydrogen-bond donors (Lipinski definition) is 1. The van der Waals surface area contributed by atoms with Crippen molar-refractivity contribution >= 4 is 0 Å². The summed E-state index contributed by atoms with van der Waals surface area (Å²) in [6.07, 6.45) is 10.8. The number of nitrogens with zero attached hydrogens (tertiary/aromatic N) is 2. The van der Waals surface area contributed by atoms with E-state index in [0.717, 1.165) is 18.2 Å². The van der Waals surface area contributed by atoms with Gasteiger partial charge in [0.2, 0.25) is 0 Å². The largest absolute Gasteiger partial charge is 0.319 e. The lowest BCUT2D eigenvalue weighted by atomic mass is 9.77. The van der Waals surface area contributed by atoms with Gasteiger partial charge in [0.05, 0.1) is 5.69 Å². The lowest BCUT2D eigenvalue weighted by molar-refractivity contribution is 0.320. The standard InChI is InChI=1S/C18H23N3/c1-19-13-14-4-6-15(7-5-14)17-3-2-10-21-18(17)16-8-11-20-12-9-16/h2-3,8-12,14-15,19H,4-7,13H2,1H3. The molecule has 3 heteroatoms. The highest BCUT2D eigenvalue weighted by atomic mass is 14.8. The fraction of sp³-hybridized carbons (Fsp3) is 0.444. The molecule has 3 nitrogen and oxygen atoms in total. The monoisotopic (exact) mass is 281 g/mol. The Bertz CT molecular complexity index is 560. The number of nitrogens with one attached hydrogen (secondary N) is 1. The van der Waals surface area contributed by atoms with Gasteiger partial charge in [-0.1, -0.05) is 6.07 Å². The van der Waals surface area contributed by atoms with Gasteiger partial charge in [0.1, 0.15) is 0 Å². The van der Waals surface area contributed by atoms with E-state index in [1.165, 1.54) is 36.8 Å². The summed E-state index contributed by atoms with van der Waals surface area (Å²) in [5.74, 6) is 1.49. The van der Waals surface area contributed by atoms with Crippen LogP contribution in [0.3, 0.4) is 0 Å². The zero-order valence-corrected chi connectivity index (χ0v) is 12.6. The third kappa shape index (κ3) is 3.30. The van der Waals surface area contributed by atoms with Crippen LogP contribution in [-0.2, 0) is 0 Å². The predicted octanol–water partition coefficient (Wildman–Crippen LogP) is 3.64. The molecule has 1 aliphatic rings. The van der Waals surface area contributed by atoms with Crippen LogP contribution in [0.5, 0.6) is 0 Å². The summed E-state index contributed by atoms with van der Waals surface area (Å²) >= 11 is 0. The first-order chi connectivity index (χ1) is 10.4. The molecule has 0 atom stereocenters. The van der Waals surface area contributed by atoms with Crippen molar-refractivity contribution in [2.75, 3.05) is 13.6 Å². The average Bonchev–Trinajstić information content (AvgIpc) is 2.57. The fourth-order valence-electron chi connectivity index (χ4n) is 3.46. The number of aromatic nitrogens is 2. The molecular formula is C18H23N3. The molecule has 2 aromatic heterocycles. The Kier molecular flexibility index (Phi) is 4.61. The summed E-state index contributed by atoms with van der Waals surface area (Å²) in [4.78, 5) is 8.75. The van der Waals surface area contributed by atoms with Crippen molar-refractivity contribution < 1.29 is 0 Å². The number of hydrogen-bond acceptors (Lipinski definition) is 3. The molecule has 0 unspecified atom stereocenters. The van der Waals surface area contributed by atoms with Crippen LogP contribution >= 0.6 is 0 Å². The molecule has 21 heavy (non-hydrogen) atoms. The Morgan fingerprint density at radius 3 is 2.52 bits per heavy atom. The zero-order chi connectivity index (χ0) is 14.5. The van der Waals surface area contributed by atoms with Crippen LogP contribution in [0.4, 0.5) is 0 Å². The highest BCUT2D eigenvalue weighted by molar-refractivity contribution is 5.63. The number of rotatable bonds is 4. The molecule has 2 aromatic rings. The molecule has 0 saturated heterocycles. The Labute approximate surface area is 126 Å². The topological polar surface area (TPSA) is 37.8 Å². The van der Waals surface area contributed by atoms with E-state index in [4.69, 9.17) is 0 Å². The summed E-state index contributed by atoms with van der Waals surface area (Å²) < 4.78 is 0. The predicted molar refractivity (Wildman–Crippen MR) is 86.1 cm³/mol. The van der Waals surface area contributed by atoms with Gasteiger partial charge in [-0.2, -0.15) is 0 Å². The van der Waals surface area contributed by atoms with Gasteiger partial charge in [-0.25, -0.2) is 0 Å². The lowest BCUT2D eigenvalue weighted by Gasteiger charge is -2.29. The highest BCUT2D eigenvalue weighted by Crippen LogP contribution is 2.38. The highest BCUT2D eigenvalue weighted by Gasteiger charge is 2.24. The molecule has 2 heterocycles. The molecule has 0 spiro atoms. The minimum Gasteiger partial charge on any atom is -0.319 e. The van der Waals surface area contributed by atoms with Crippen molar-refractivity contribution in [2.45, 2.75) is 31.6 Å². The summed E-state index contributed by atoms with van der Waals surface area (Å²) in [7, 11) is 2.05. The second kappa shape index (κ2) is 6.81. The molecule has 110 valence electrons. The first-order valence-corrected chi connectivity index (χ1v) is 7.88. The van der Waals surface area contributed by atoms with E-state index >= 15 is 0 Å². The van der Waals surface area contributed by atoms with Crippen molar-refractivity contribution in [3.8, 4) is 11.3 Å². The summed E-state index contributed by atoms with van der Waals surface area (Å²) in [6.45, 7) is 1.15. The molecule has 1 saturated carbocycles. The Morgan fingerprint density at radius 1 is 1.05 bits per heavy atom. The van der Waals surface area contributed by atoms with E-state index in [-0.39, 0.29) is 0 Å². The van der Waals surface area contributed by atoms with Crippen LogP contribution in [0.2, 0.25) is 0 Å². The maximum Gasteiger partial charge on any atom is 0.0737 e. The number of pyridine rings is 2. The van der Waals surface area contributed by atoms with Crippen molar-refractivity contribution in [2.24, 2.45) is 5.92 Å². The van der Waals surface area contributed by atoms with Gasteiger partial charge in [-0.15, -0.1) is 0 Å². The second-order valence-corrected chi connectivity index (χ2v) is 5.95. The zero-order valence-electron chi connectivity index (χ0n) is 12.6. The van der Waals surface area contributed by atoms with E-state index in [0.29, 0.717) is 5.92 Å². The molecule has 1 aliphatic carbocycles. The van der Waals surface area contributed by atoms with Gasteiger partial charge >= 0.3 is 0 Å². The van der Waals surface area contributed by atoms with Gasteiger partial charge in [0, 0.05) is 24.2 Å². The van der Waals surface area contributed by atoms with Crippen molar-refractivity contribution in [3.63, 3.8) is 0 Å². The Morgan fingerprint density at radius 2 is 1.81 bits per heavy atom. The first kappa shape index (κ1) is 14.2. The van der Waals surface area contributed by atoms with E-state index in [9.17, 15) is 0 Å². The fourth-order valence-corrected chi connectivity index (χ4v) is 3.46. The van der Waals surface area contributed by atoms with Crippen molar-refractivity contribution in [1.29, 1.82) is 0 Å². The normalized spacial score (nSPS) is 22.1. The molecule has 3 rings (SSSR count). The van der Waals surface area contributed by atoms with Gasteiger partial charge in [0.15, 0.2) is 0 Å². The molecule has 0 aromatic carbocycles. The van der Waals surface area contributed by atoms with Crippen LogP contribution in [0, 0.1) is 5.92 Å². The SMILES string of the molecule is CNCC1CCC(c2cccnc2-c2ccncc2)CC1. The molecular weight excluding hydrogens is 258 g/mol. The van der Waals surface area contributed by atoms with Gasteiger partial charge in [0.25, 0.3) is 0 Å². The van der Waals surface area contributed by atoms with Crippen LogP contribution < -0.4 is 5.32 Å². The van der Waals surface area contributed by atoms with E-state index in [2.05, 4.69) is 46.6 Å². The smallest absolute Gasteiger partial charge is 0.0737 e. The van der Waals surface area contributed by atoms with E-state index in [1.54, 1.807) is 0 Å². The van der Waals surface area contributed by atoms with Crippen LogP contribution in [0.25, 0.3) is 11.3 Å². The quantitative estimate of drug-likeness (QED) is 0.930. The van der Waals surface area contributed by atoms with Gasteiger partial charge < -0.3 is 5.32 Å². The summed E-state index contributed by atoms with van der Waals surface area (Å²) in [5.41, 5.74) is 3.72. The second-order valence-electron chi connectivity index (χ2n) is 5.95. The third-order valence-corrected chi connectivity index (χ3v) is 4.57. The molecule has 1 N–H and O–H groups in total. The summed E-state index contributed by atoms with van der Waals surface area (Å²) in [6, 6.07) is 8.43. The molecule has 0 amide bonds. The van der Waals surface area contributed by atoms with Crippen molar-refractivity contribution in [3.05, 3.63) is 48.4 Å². The van der Waals surface area contributed by atoms with Crippen molar-refractivity contribution in [1.82, 2.24) is 15.3 Å². The Balaban J connectivity index is 1.81. The maximum atomic E-state index is 4.64. The van der Waals surface area contributed by atoms with Crippen LogP contribution in [0.15, 0.2) is 42.9 Å². The average molecular weight is 281 g/mol. The van der Waals surface area contributed by atoms with Gasteiger partial charge in [-0.3, -0.25) is 9.97 Å².